The molecule has 0 spiro atoms. The fourth-order valence-electron chi connectivity index (χ4n) is 4.92. The lowest BCUT2D eigenvalue weighted by Gasteiger charge is -2.56. The predicted octanol–water partition coefficient (Wildman–Crippen LogP) is 6.42. The lowest BCUT2D eigenvalue weighted by molar-refractivity contribution is -0.131. The normalized spacial score (nSPS) is 16.5. The predicted molar refractivity (Wildman–Crippen MR) is 144 cm³/mol. The first-order valence-corrected chi connectivity index (χ1v) is 12.9. The molecular weight excluding hydrogens is 483 g/mol. The number of pyridine rings is 1. The van der Waals surface area contributed by atoms with Crippen molar-refractivity contribution in [2.75, 3.05) is 13.1 Å². The Morgan fingerprint density at radius 2 is 1.68 bits per heavy atom. The number of amides is 1. The van der Waals surface area contributed by atoms with Crippen molar-refractivity contribution in [2.45, 2.75) is 65.3 Å². The third-order valence-corrected chi connectivity index (χ3v) is 7.03. The van der Waals surface area contributed by atoms with E-state index in [-0.39, 0.29) is 12.4 Å². The van der Waals surface area contributed by atoms with Gasteiger partial charge in [0.05, 0.1) is 0 Å². The number of carbonyl (C=O) groups excluding carboxylic acids is 1. The SMILES string of the molecule is CC(C)c1ccc([C@](O)(c2cncc(COc3ccc(F)cc3)c2)C2(C)CN(C(=O)OC(C)(C)C)C2)cc1. The van der Waals surface area contributed by atoms with Crippen LogP contribution in [0.25, 0.3) is 0 Å². The Kier molecular flexibility index (Phi) is 7.53. The van der Waals surface area contributed by atoms with Gasteiger partial charge in [0, 0.05) is 42.0 Å². The third kappa shape index (κ3) is 5.68. The molecule has 0 aliphatic carbocycles. The molecule has 6 nitrogen and oxygen atoms in total. The molecule has 1 atom stereocenters. The topological polar surface area (TPSA) is 71.9 Å². The van der Waals surface area contributed by atoms with E-state index in [1.54, 1.807) is 29.4 Å². The molecule has 1 amide bonds. The zero-order chi connectivity index (χ0) is 27.7. The second-order valence-electron chi connectivity index (χ2n) is 11.7. The van der Waals surface area contributed by atoms with Crippen molar-refractivity contribution in [1.29, 1.82) is 0 Å². The fraction of sp³-hybridized carbons (Fsp3) is 0.419. The highest BCUT2D eigenvalue weighted by atomic mass is 19.1. The summed E-state index contributed by atoms with van der Waals surface area (Å²) in [7, 11) is 0. The summed E-state index contributed by atoms with van der Waals surface area (Å²) in [6, 6.07) is 15.7. The first kappa shape index (κ1) is 27.6. The van der Waals surface area contributed by atoms with E-state index in [1.165, 1.54) is 17.7 Å². The Morgan fingerprint density at radius 1 is 1.05 bits per heavy atom. The van der Waals surface area contributed by atoms with E-state index < -0.39 is 22.7 Å². The van der Waals surface area contributed by atoms with Gasteiger partial charge in [0.25, 0.3) is 0 Å². The van der Waals surface area contributed by atoms with Crippen molar-refractivity contribution in [3.05, 3.63) is 95.1 Å². The van der Waals surface area contributed by atoms with Crippen molar-refractivity contribution in [1.82, 2.24) is 9.88 Å². The van der Waals surface area contributed by atoms with Gasteiger partial charge in [-0.3, -0.25) is 4.98 Å². The summed E-state index contributed by atoms with van der Waals surface area (Å²) >= 11 is 0. The minimum absolute atomic E-state index is 0.204. The van der Waals surface area contributed by atoms with Crippen LogP contribution >= 0.6 is 0 Å². The van der Waals surface area contributed by atoms with Gasteiger partial charge in [0.2, 0.25) is 0 Å². The molecule has 0 saturated carbocycles. The molecule has 1 fully saturated rings. The Labute approximate surface area is 224 Å². The first-order chi connectivity index (χ1) is 17.8. The van der Waals surface area contributed by atoms with Crippen LogP contribution in [0.3, 0.4) is 0 Å². The van der Waals surface area contributed by atoms with E-state index in [9.17, 15) is 14.3 Å². The van der Waals surface area contributed by atoms with Gasteiger partial charge in [-0.15, -0.1) is 0 Å². The Bertz CT molecular complexity index is 1260. The van der Waals surface area contributed by atoms with Crippen LogP contribution in [0.4, 0.5) is 9.18 Å². The van der Waals surface area contributed by atoms with Crippen molar-refractivity contribution in [2.24, 2.45) is 5.41 Å². The van der Waals surface area contributed by atoms with Crippen molar-refractivity contribution in [3.63, 3.8) is 0 Å². The van der Waals surface area contributed by atoms with E-state index in [0.29, 0.717) is 30.3 Å². The second-order valence-corrected chi connectivity index (χ2v) is 11.7. The van der Waals surface area contributed by atoms with Gasteiger partial charge in [-0.05, 0) is 68.1 Å². The Hall–Kier alpha value is -3.45. The molecule has 0 radical (unpaired) electrons. The number of benzene rings is 2. The van der Waals surface area contributed by atoms with Crippen LogP contribution < -0.4 is 4.74 Å². The van der Waals surface area contributed by atoms with Crippen LogP contribution in [-0.2, 0) is 16.9 Å². The highest BCUT2D eigenvalue weighted by molar-refractivity contribution is 5.70. The molecular formula is C31H37FN2O4. The number of ether oxygens (including phenoxy) is 2. The molecule has 1 aromatic heterocycles. The summed E-state index contributed by atoms with van der Waals surface area (Å²) in [4.78, 5) is 18.7. The van der Waals surface area contributed by atoms with Gasteiger partial charge in [-0.25, -0.2) is 9.18 Å². The summed E-state index contributed by atoms with van der Waals surface area (Å²) in [5.74, 6) is 0.562. The second kappa shape index (κ2) is 10.4. The van der Waals surface area contributed by atoms with E-state index >= 15 is 0 Å². The number of rotatable bonds is 7. The zero-order valence-corrected chi connectivity index (χ0v) is 23.0. The zero-order valence-electron chi connectivity index (χ0n) is 23.0. The molecule has 1 N–H and O–H groups in total. The maximum Gasteiger partial charge on any atom is 0.410 e. The number of hydrogen-bond donors (Lipinski definition) is 1. The van der Waals surface area contributed by atoms with Crippen LogP contribution in [0.15, 0.2) is 67.0 Å². The van der Waals surface area contributed by atoms with Crippen LogP contribution in [0.1, 0.15) is 69.7 Å². The molecule has 38 heavy (non-hydrogen) atoms. The molecule has 1 saturated heterocycles. The number of halogens is 1. The van der Waals surface area contributed by atoms with E-state index in [1.807, 2.05) is 58.0 Å². The first-order valence-electron chi connectivity index (χ1n) is 12.9. The number of aromatic nitrogens is 1. The maximum atomic E-state index is 13.2. The van der Waals surface area contributed by atoms with Crippen molar-refractivity contribution < 1.29 is 23.8 Å². The number of nitrogens with zero attached hydrogens (tertiary/aromatic N) is 2. The molecule has 1 aliphatic rings. The minimum Gasteiger partial charge on any atom is -0.489 e. The summed E-state index contributed by atoms with van der Waals surface area (Å²) in [5.41, 5.74) is 0.546. The lowest BCUT2D eigenvalue weighted by Crippen LogP contribution is -2.66. The largest absolute Gasteiger partial charge is 0.489 e. The molecule has 7 heteroatoms. The fourth-order valence-corrected chi connectivity index (χ4v) is 4.92. The van der Waals surface area contributed by atoms with Gasteiger partial charge in [-0.1, -0.05) is 45.0 Å². The standard InChI is InChI=1S/C31H37FN2O4/c1-21(2)23-7-9-24(10-8-23)31(36,30(6)19-34(20-30)28(35)38-29(3,4)5)25-15-22(16-33-17-25)18-37-27-13-11-26(32)12-14-27/h7-17,21,36H,18-20H2,1-6H3/t31-/m0/s1. The van der Waals surface area contributed by atoms with E-state index in [2.05, 4.69) is 18.8 Å². The highest BCUT2D eigenvalue weighted by Crippen LogP contribution is 2.51. The average Bonchev–Trinajstić information content (AvgIpc) is 2.85. The molecule has 1 aliphatic heterocycles. The summed E-state index contributed by atoms with van der Waals surface area (Å²) in [6.45, 7) is 12.6. The summed E-state index contributed by atoms with van der Waals surface area (Å²) in [5, 5.41) is 12.5. The molecule has 202 valence electrons. The number of carbonyl (C=O) groups is 1. The third-order valence-electron chi connectivity index (χ3n) is 7.03. The molecule has 2 heterocycles. The van der Waals surface area contributed by atoms with Crippen LogP contribution in [-0.4, -0.2) is 39.8 Å². The van der Waals surface area contributed by atoms with Crippen molar-refractivity contribution >= 4 is 6.09 Å². The Morgan fingerprint density at radius 3 is 2.26 bits per heavy atom. The van der Waals surface area contributed by atoms with Crippen LogP contribution in [0.5, 0.6) is 5.75 Å². The summed E-state index contributed by atoms with van der Waals surface area (Å²) in [6.07, 6.45) is 2.96. The van der Waals surface area contributed by atoms with Crippen LogP contribution in [0, 0.1) is 11.2 Å². The van der Waals surface area contributed by atoms with Gasteiger partial charge in [-0.2, -0.15) is 0 Å². The number of hydrogen-bond acceptors (Lipinski definition) is 5. The maximum absolute atomic E-state index is 13.2. The van der Waals surface area contributed by atoms with E-state index in [4.69, 9.17) is 9.47 Å². The Balaban J connectivity index is 1.65. The van der Waals surface area contributed by atoms with Gasteiger partial charge < -0.3 is 19.5 Å². The monoisotopic (exact) mass is 520 g/mol. The molecule has 3 aromatic rings. The van der Waals surface area contributed by atoms with Crippen molar-refractivity contribution in [3.8, 4) is 5.75 Å². The number of likely N-dealkylation sites (tertiary alicyclic amines) is 1. The number of aliphatic hydroxyl groups is 1. The average molecular weight is 521 g/mol. The van der Waals surface area contributed by atoms with Gasteiger partial charge >= 0.3 is 6.09 Å². The molecule has 0 bridgehead atoms. The lowest BCUT2D eigenvalue weighted by atomic mass is 9.62. The smallest absolute Gasteiger partial charge is 0.410 e. The van der Waals surface area contributed by atoms with E-state index in [0.717, 1.165) is 11.1 Å². The minimum atomic E-state index is -1.43. The molecule has 4 rings (SSSR count). The van der Waals surface area contributed by atoms with Gasteiger partial charge in [0.1, 0.15) is 29.4 Å². The van der Waals surface area contributed by atoms with Gasteiger partial charge in [0.15, 0.2) is 0 Å². The summed E-state index contributed by atoms with van der Waals surface area (Å²) < 4.78 is 24.6. The molecule has 2 aromatic carbocycles. The quantitative estimate of drug-likeness (QED) is 0.389. The molecule has 0 unspecified atom stereocenters. The van der Waals surface area contributed by atoms with Crippen LogP contribution in [0.2, 0.25) is 0 Å². The highest BCUT2D eigenvalue weighted by Gasteiger charge is 2.58.